The van der Waals surface area contributed by atoms with Gasteiger partial charge in [0.2, 0.25) is 0 Å². The molecule has 0 saturated carbocycles. The molecule has 0 aliphatic rings. The summed E-state index contributed by atoms with van der Waals surface area (Å²) in [4.78, 5) is 11.8. The van der Waals surface area contributed by atoms with E-state index < -0.39 is 5.60 Å². The maximum atomic E-state index is 11.8. The van der Waals surface area contributed by atoms with Crippen LogP contribution in [0.25, 0.3) is 0 Å². The Balaban J connectivity index is 2.84. The third kappa shape index (κ3) is 4.24. The molecule has 0 fully saturated rings. The zero-order valence-corrected chi connectivity index (χ0v) is 12.4. The molecule has 0 unspecified atom stereocenters. The summed E-state index contributed by atoms with van der Waals surface area (Å²) in [7, 11) is 1.91. The molecule has 0 bridgehead atoms. The predicted octanol–water partition coefficient (Wildman–Crippen LogP) is 2.43. The second-order valence-electron chi connectivity index (χ2n) is 4.96. The summed E-state index contributed by atoms with van der Waals surface area (Å²) in [5, 5.41) is 3.10. The van der Waals surface area contributed by atoms with Gasteiger partial charge in [0.25, 0.3) is 0 Å². The van der Waals surface area contributed by atoms with Crippen molar-refractivity contribution in [2.75, 3.05) is 13.7 Å². The first-order valence-corrected chi connectivity index (χ1v) is 6.51. The topological polar surface area (TPSA) is 47.6 Å². The number of esters is 1. The number of rotatable bonds is 6. The van der Waals surface area contributed by atoms with Crippen molar-refractivity contribution in [3.63, 3.8) is 0 Å². The van der Waals surface area contributed by atoms with Crippen molar-refractivity contribution in [1.82, 2.24) is 5.32 Å². The quantitative estimate of drug-likeness (QED) is 0.803. The molecule has 0 heterocycles. The summed E-state index contributed by atoms with van der Waals surface area (Å²) in [6.07, 6.45) is 0. The summed E-state index contributed by atoms with van der Waals surface area (Å²) >= 11 is 0. The second kappa shape index (κ2) is 6.57. The lowest BCUT2D eigenvalue weighted by molar-refractivity contribution is -0.158. The minimum atomic E-state index is -0.981. The lowest BCUT2D eigenvalue weighted by Crippen LogP contribution is -2.39. The average molecular weight is 265 g/mol. The Bertz CT molecular complexity index is 441. The van der Waals surface area contributed by atoms with Crippen molar-refractivity contribution in [1.29, 1.82) is 0 Å². The highest BCUT2D eigenvalue weighted by molar-refractivity contribution is 5.79. The lowest BCUT2D eigenvalue weighted by Gasteiger charge is -2.25. The van der Waals surface area contributed by atoms with Gasteiger partial charge in [-0.05, 0) is 51.9 Å². The van der Waals surface area contributed by atoms with Gasteiger partial charge in [-0.15, -0.1) is 0 Å². The normalized spacial score (nSPS) is 11.2. The van der Waals surface area contributed by atoms with Crippen LogP contribution in [0.4, 0.5) is 0 Å². The van der Waals surface area contributed by atoms with Crippen LogP contribution in [-0.4, -0.2) is 25.2 Å². The number of carbonyl (C=O) groups excluding carboxylic acids is 1. The van der Waals surface area contributed by atoms with Crippen LogP contribution in [-0.2, 0) is 16.1 Å². The Morgan fingerprint density at radius 1 is 1.37 bits per heavy atom. The van der Waals surface area contributed by atoms with Gasteiger partial charge in [-0.1, -0.05) is 12.1 Å². The molecule has 0 aliphatic carbocycles. The summed E-state index contributed by atoms with van der Waals surface area (Å²) in [6.45, 7) is 8.34. The average Bonchev–Trinajstić information content (AvgIpc) is 2.33. The third-order valence-corrected chi connectivity index (χ3v) is 2.75. The van der Waals surface area contributed by atoms with Crippen LogP contribution in [0, 0.1) is 6.92 Å². The van der Waals surface area contributed by atoms with Gasteiger partial charge in [0.05, 0.1) is 6.61 Å². The smallest absolute Gasteiger partial charge is 0.349 e. The van der Waals surface area contributed by atoms with Gasteiger partial charge in [0, 0.05) is 6.54 Å². The molecule has 1 aromatic rings. The van der Waals surface area contributed by atoms with E-state index >= 15 is 0 Å². The largest absolute Gasteiger partial charge is 0.476 e. The lowest BCUT2D eigenvalue weighted by atomic mass is 10.1. The molecule has 0 atom stereocenters. The van der Waals surface area contributed by atoms with Crippen molar-refractivity contribution in [3.05, 3.63) is 29.3 Å². The maximum absolute atomic E-state index is 11.8. The summed E-state index contributed by atoms with van der Waals surface area (Å²) in [5.74, 6) is 0.353. The van der Waals surface area contributed by atoms with E-state index in [4.69, 9.17) is 9.47 Å². The van der Waals surface area contributed by atoms with Crippen LogP contribution >= 0.6 is 0 Å². The van der Waals surface area contributed by atoms with Gasteiger partial charge in [0.1, 0.15) is 5.75 Å². The first kappa shape index (κ1) is 15.5. The van der Waals surface area contributed by atoms with E-state index in [1.54, 1.807) is 20.8 Å². The van der Waals surface area contributed by atoms with E-state index in [2.05, 4.69) is 5.32 Å². The highest BCUT2D eigenvalue weighted by Gasteiger charge is 2.31. The van der Waals surface area contributed by atoms with E-state index in [1.165, 1.54) is 5.56 Å². The zero-order valence-electron chi connectivity index (χ0n) is 12.4. The predicted molar refractivity (Wildman–Crippen MR) is 75.3 cm³/mol. The van der Waals surface area contributed by atoms with Crippen LogP contribution in [0.1, 0.15) is 31.9 Å². The fourth-order valence-corrected chi connectivity index (χ4v) is 1.76. The molecule has 1 N–H and O–H groups in total. The van der Waals surface area contributed by atoms with Crippen LogP contribution in [0.2, 0.25) is 0 Å². The molecule has 19 heavy (non-hydrogen) atoms. The minimum Gasteiger partial charge on any atom is -0.476 e. The molecule has 0 amide bonds. The van der Waals surface area contributed by atoms with Gasteiger partial charge < -0.3 is 14.8 Å². The van der Waals surface area contributed by atoms with Gasteiger partial charge in [-0.2, -0.15) is 0 Å². The second-order valence-corrected chi connectivity index (χ2v) is 4.96. The first-order valence-electron chi connectivity index (χ1n) is 6.51. The number of nitrogens with one attached hydrogen (secondary N) is 1. The highest BCUT2D eigenvalue weighted by Crippen LogP contribution is 2.24. The van der Waals surface area contributed by atoms with Crippen LogP contribution in [0.5, 0.6) is 5.75 Å². The summed E-state index contributed by atoms with van der Waals surface area (Å²) < 4.78 is 10.8. The molecule has 0 spiro atoms. The van der Waals surface area contributed by atoms with E-state index in [1.807, 2.05) is 32.2 Å². The molecule has 106 valence electrons. The van der Waals surface area contributed by atoms with Crippen molar-refractivity contribution in [3.8, 4) is 5.75 Å². The number of aryl methyl sites for hydroxylation is 1. The molecule has 0 saturated heterocycles. The van der Waals surface area contributed by atoms with Gasteiger partial charge >= 0.3 is 5.97 Å². The highest BCUT2D eigenvalue weighted by atomic mass is 16.6. The summed E-state index contributed by atoms with van der Waals surface area (Å²) in [6, 6.07) is 5.93. The number of hydrogen-bond donors (Lipinski definition) is 1. The first-order chi connectivity index (χ1) is 8.90. The van der Waals surface area contributed by atoms with Crippen LogP contribution in [0.3, 0.4) is 0 Å². The standard InChI is InChI=1S/C15H23NO3/c1-6-18-14(17)15(3,4)19-13-8-7-12(10-16-5)9-11(13)2/h7-9,16H,6,10H2,1-5H3. The SMILES string of the molecule is CCOC(=O)C(C)(C)Oc1ccc(CNC)cc1C. The van der Waals surface area contributed by atoms with Crippen LogP contribution < -0.4 is 10.1 Å². The van der Waals surface area contributed by atoms with Crippen molar-refractivity contribution < 1.29 is 14.3 Å². The Morgan fingerprint density at radius 2 is 2.05 bits per heavy atom. The molecule has 4 heteroatoms. The maximum Gasteiger partial charge on any atom is 0.349 e. The molecular weight excluding hydrogens is 242 g/mol. The number of benzene rings is 1. The third-order valence-electron chi connectivity index (χ3n) is 2.75. The van der Waals surface area contributed by atoms with Crippen LogP contribution in [0.15, 0.2) is 18.2 Å². The Labute approximate surface area is 115 Å². The number of ether oxygens (including phenoxy) is 2. The molecule has 0 aliphatic heterocycles. The fraction of sp³-hybridized carbons (Fsp3) is 0.533. The number of carbonyl (C=O) groups is 1. The van der Waals surface area contributed by atoms with E-state index in [0.717, 1.165) is 12.1 Å². The Morgan fingerprint density at radius 3 is 2.58 bits per heavy atom. The van der Waals surface area contributed by atoms with E-state index in [0.29, 0.717) is 12.4 Å². The zero-order chi connectivity index (χ0) is 14.5. The van der Waals surface area contributed by atoms with Crippen molar-refractivity contribution >= 4 is 5.97 Å². The van der Waals surface area contributed by atoms with E-state index in [9.17, 15) is 4.79 Å². The molecular formula is C15H23NO3. The monoisotopic (exact) mass is 265 g/mol. The molecule has 1 aromatic carbocycles. The van der Waals surface area contributed by atoms with Crippen molar-refractivity contribution in [2.45, 2.75) is 39.8 Å². The summed E-state index contributed by atoms with van der Waals surface area (Å²) in [5.41, 5.74) is 1.21. The molecule has 0 radical (unpaired) electrons. The Kier molecular flexibility index (Phi) is 5.36. The molecule has 0 aromatic heterocycles. The number of hydrogen-bond acceptors (Lipinski definition) is 4. The van der Waals surface area contributed by atoms with Crippen molar-refractivity contribution in [2.24, 2.45) is 0 Å². The van der Waals surface area contributed by atoms with E-state index in [-0.39, 0.29) is 5.97 Å². The fourth-order valence-electron chi connectivity index (χ4n) is 1.76. The molecule has 1 rings (SSSR count). The molecule has 4 nitrogen and oxygen atoms in total. The Hall–Kier alpha value is -1.55. The van der Waals surface area contributed by atoms with Gasteiger partial charge in [-0.25, -0.2) is 4.79 Å². The minimum absolute atomic E-state index is 0.353. The van der Waals surface area contributed by atoms with Gasteiger partial charge in [0.15, 0.2) is 5.60 Å². The van der Waals surface area contributed by atoms with Gasteiger partial charge in [-0.3, -0.25) is 0 Å².